The maximum absolute atomic E-state index is 13.2. The molecule has 0 saturated heterocycles. The van der Waals surface area contributed by atoms with Gasteiger partial charge in [0.15, 0.2) is 11.6 Å². The summed E-state index contributed by atoms with van der Waals surface area (Å²) >= 11 is 0. The summed E-state index contributed by atoms with van der Waals surface area (Å²) in [5.41, 5.74) is 0.466. The second kappa shape index (κ2) is 5.91. The predicted molar refractivity (Wildman–Crippen MR) is 64.2 cm³/mol. The second-order valence-electron chi connectivity index (χ2n) is 4.43. The molecule has 0 radical (unpaired) electrons. The van der Waals surface area contributed by atoms with Crippen molar-refractivity contribution in [2.75, 3.05) is 14.1 Å². The first-order chi connectivity index (χ1) is 8.38. The molecule has 2 atom stereocenters. The van der Waals surface area contributed by atoms with Crippen LogP contribution in [0.3, 0.4) is 0 Å². The molecule has 1 N–H and O–H groups in total. The van der Waals surface area contributed by atoms with E-state index in [1.54, 1.807) is 25.9 Å². The Morgan fingerprint density at radius 1 is 1.33 bits per heavy atom. The highest BCUT2D eigenvalue weighted by atomic mass is 19.2. The van der Waals surface area contributed by atoms with Crippen molar-refractivity contribution in [2.45, 2.75) is 19.4 Å². The van der Waals surface area contributed by atoms with Crippen LogP contribution in [0, 0.1) is 17.6 Å². The Hall–Kier alpha value is -1.49. The van der Waals surface area contributed by atoms with E-state index in [-0.39, 0.29) is 0 Å². The van der Waals surface area contributed by atoms with Crippen molar-refractivity contribution >= 4 is 5.97 Å². The summed E-state index contributed by atoms with van der Waals surface area (Å²) < 4.78 is 26.1. The molecule has 1 aromatic rings. The Morgan fingerprint density at radius 3 is 2.33 bits per heavy atom. The lowest BCUT2D eigenvalue weighted by atomic mass is 9.90. The quantitative estimate of drug-likeness (QED) is 0.881. The zero-order valence-corrected chi connectivity index (χ0v) is 10.7. The molecular weight excluding hydrogens is 240 g/mol. The molecule has 5 heteroatoms. The number of carbonyl (C=O) groups is 1. The van der Waals surface area contributed by atoms with Gasteiger partial charge >= 0.3 is 5.97 Å². The van der Waals surface area contributed by atoms with Crippen LogP contribution in [-0.4, -0.2) is 30.1 Å². The minimum atomic E-state index is -0.959. The van der Waals surface area contributed by atoms with Gasteiger partial charge in [-0.2, -0.15) is 0 Å². The zero-order chi connectivity index (χ0) is 13.9. The number of nitrogens with zero attached hydrogens (tertiary/aromatic N) is 1. The molecule has 0 aromatic heterocycles. The summed E-state index contributed by atoms with van der Waals surface area (Å²) in [6, 6.07) is 3.03. The second-order valence-corrected chi connectivity index (χ2v) is 4.43. The number of halogens is 2. The van der Waals surface area contributed by atoms with Crippen LogP contribution in [0.1, 0.15) is 24.9 Å². The van der Waals surface area contributed by atoms with Gasteiger partial charge in [-0.1, -0.05) is 13.0 Å². The molecule has 0 fully saturated rings. The van der Waals surface area contributed by atoms with Gasteiger partial charge in [0.25, 0.3) is 0 Å². The molecule has 1 aromatic carbocycles. The van der Waals surface area contributed by atoms with Crippen LogP contribution in [0.5, 0.6) is 0 Å². The van der Waals surface area contributed by atoms with Gasteiger partial charge in [0.05, 0.1) is 5.92 Å². The number of hydrogen-bond acceptors (Lipinski definition) is 2. The summed E-state index contributed by atoms with van der Waals surface area (Å²) in [6.07, 6.45) is 0.414. The van der Waals surface area contributed by atoms with E-state index in [1.165, 1.54) is 6.07 Å². The Bertz CT molecular complexity index is 435. The predicted octanol–water partition coefficient (Wildman–Crippen LogP) is 2.68. The van der Waals surface area contributed by atoms with Gasteiger partial charge in [-0.15, -0.1) is 0 Å². The minimum absolute atomic E-state index is 0.414. The van der Waals surface area contributed by atoms with Crippen LogP contribution >= 0.6 is 0 Å². The molecule has 100 valence electrons. The molecule has 18 heavy (non-hydrogen) atoms. The van der Waals surface area contributed by atoms with E-state index in [0.717, 1.165) is 12.1 Å². The van der Waals surface area contributed by atoms with Crippen LogP contribution in [0.4, 0.5) is 8.78 Å². The average Bonchev–Trinajstić information content (AvgIpc) is 2.28. The summed E-state index contributed by atoms with van der Waals surface area (Å²) in [5.74, 6) is -3.50. The average molecular weight is 257 g/mol. The smallest absolute Gasteiger partial charge is 0.308 e. The first kappa shape index (κ1) is 14.6. The summed E-state index contributed by atoms with van der Waals surface area (Å²) in [7, 11) is 3.44. The third-order valence-electron chi connectivity index (χ3n) is 2.98. The van der Waals surface area contributed by atoms with Crippen molar-refractivity contribution in [1.29, 1.82) is 0 Å². The third kappa shape index (κ3) is 3.04. The van der Waals surface area contributed by atoms with Gasteiger partial charge in [-0.05, 0) is 38.2 Å². The SMILES string of the molecule is CCC(C(=O)O)C(c1ccc(F)c(F)c1)N(C)C. The van der Waals surface area contributed by atoms with Crippen molar-refractivity contribution in [1.82, 2.24) is 4.90 Å². The first-order valence-corrected chi connectivity index (χ1v) is 5.72. The standard InChI is InChI=1S/C13H17F2NO2/c1-4-9(13(17)18)12(16(2)3)8-5-6-10(14)11(15)7-8/h5-7,9,12H,4H2,1-3H3,(H,17,18). The minimum Gasteiger partial charge on any atom is -0.481 e. The lowest BCUT2D eigenvalue weighted by Gasteiger charge is -2.29. The van der Waals surface area contributed by atoms with Crippen molar-refractivity contribution in [3.63, 3.8) is 0 Å². The highest BCUT2D eigenvalue weighted by molar-refractivity contribution is 5.71. The maximum atomic E-state index is 13.2. The van der Waals surface area contributed by atoms with E-state index >= 15 is 0 Å². The van der Waals surface area contributed by atoms with Gasteiger partial charge in [-0.25, -0.2) is 8.78 Å². The van der Waals surface area contributed by atoms with Gasteiger partial charge in [-0.3, -0.25) is 4.79 Å². The molecule has 0 bridgehead atoms. The molecule has 0 heterocycles. The van der Waals surface area contributed by atoms with E-state index in [1.807, 2.05) is 0 Å². The lowest BCUT2D eigenvalue weighted by molar-refractivity contribution is -0.144. The third-order valence-corrected chi connectivity index (χ3v) is 2.98. The Kier molecular flexibility index (Phi) is 4.78. The lowest BCUT2D eigenvalue weighted by Crippen LogP contribution is -2.32. The summed E-state index contributed by atoms with van der Waals surface area (Å²) in [4.78, 5) is 12.9. The number of benzene rings is 1. The van der Waals surface area contributed by atoms with E-state index in [9.17, 15) is 18.7 Å². The molecule has 0 saturated carbocycles. The van der Waals surface area contributed by atoms with Gasteiger partial charge in [0.2, 0.25) is 0 Å². The molecule has 0 aliphatic rings. The summed E-state index contributed by atoms with van der Waals surface area (Å²) in [6.45, 7) is 1.76. The highest BCUT2D eigenvalue weighted by Crippen LogP contribution is 2.30. The van der Waals surface area contributed by atoms with Gasteiger partial charge in [0.1, 0.15) is 0 Å². The largest absolute Gasteiger partial charge is 0.481 e. The fourth-order valence-corrected chi connectivity index (χ4v) is 2.12. The summed E-state index contributed by atoms with van der Waals surface area (Å²) in [5, 5.41) is 9.18. The Balaban J connectivity index is 3.19. The van der Waals surface area contributed by atoms with E-state index in [2.05, 4.69) is 0 Å². The Morgan fingerprint density at radius 2 is 1.94 bits per heavy atom. The van der Waals surface area contributed by atoms with Crippen molar-refractivity contribution in [3.8, 4) is 0 Å². The van der Waals surface area contributed by atoms with E-state index < -0.39 is 29.6 Å². The molecule has 2 unspecified atom stereocenters. The van der Waals surface area contributed by atoms with Crippen molar-refractivity contribution in [3.05, 3.63) is 35.4 Å². The fourth-order valence-electron chi connectivity index (χ4n) is 2.12. The highest BCUT2D eigenvalue weighted by Gasteiger charge is 2.30. The van der Waals surface area contributed by atoms with E-state index in [0.29, 0.717) is 12.0 Å². The molecule has 3 nitrogen and oxygen atoms in total. The fraction of sp³-hybridized carbons (Fsp3) is 0.462. The number of carboxylic acid groups (broad SMARTS) is 1. The van der Waals surface area contributed by atoms with Crippen LogP contribution in [-0.2, 0) is 4.79 Å². The van der Waals surface area contributed by atoms with Crippen molar-refractivity contribution in [2.24, 2.45) is 5.92 Å². The molecule has 0 aliphatic carbocycles. The van der Waals surface area contributed by atoms with E-state index in [4.69, 9.17) is 0 Å². The number of hydrogen-bond donors (Lipinski definition) is 1. The normalized spacial score (nSPS) is 14.6. The molecule has 0 amide bonds. The van der Waals surface area contributed by atoms with Crippen LogP contribution in [0.15, 0.2) is 18.2 Å². The first-order valence-electron chi connectivity index (χ1n) is 5.72. The number of aliphatic carboxylic acids is 1. The molecule has 0 spiro atoms. The maximum Gasteiger partial charge on any atom is 0.308 e. The number of rotatable bonds is 5. The van der Waals surface area contributed by atoms with Gasteiger partial charge in [0, 0.05) is 6.04 Å². The topological polar surface area (TPSA) is 40.5 Å². The van der Waals surface area contributed by atoms with Gasteiger partial charge < -0.3 is 10.0 Å². The number of carboxylic acids is 1. The molecule has 0 aliphatic heterocycles. The van der Waals surface area contributed by atoms with Crippen LogP contribution in [0.2, 0.25) is 0 Å². The molecule has 1 rings (SSSR count). The monoisotopic (exact) mass is 257 g/mol. The van der Waals surface area contributed by atoms with Crippen LogP contribution in [0.25, 0.3) is 0 Å². The Labute approximate surface area is 105 Å². The molecular formula is C13H17F2NO2. The zero-order valence-electron chi connectivity index (χ0n) is 10.7. The van der Waals surface area contributed by atoms with Crippen molar-refractivity contribution < 1.29 is 18.7 Å². The van der Waals surface area contributed by atoms with Crippen LogP contribution < -0.4 is 0 Å².